The molecule has 2 N–H and O–H groups in total. The van der Waals surface area contributed by atoms with Crippen LogP contribution in [-0.4, -0.2) is 21.9 Å². The zero-order valence-electron chi connectivity index (χ0n) is 10.4. The number of aromatic nitrogens is 2. The molecule has 2 aromatic rings. The first-order valence-corrected chi connectivity index (χ1v) is 6.07. The lowest BCUT2D eigenvalue weighted by molar-refractivity contribution is 0.0958. The number of carbonyl (C=O) groups is 1. The summed E-state index contributed by atoms with van der Waals surface area (Å²) in [6.45, 7) is 3.11. The Bertz CT molecular complexity index is 519. The maximum Gasteiger partial charge on any atom is 0.191 e. The Balaban J connectivity index is 2.25. The van der Waals surface area contributed by atoms with E-state index in [-0.39, 0.29) is 11.7 Å². The average Bonchev–Trinajstić information content (AvgIpc) is 2.89. The molecule has 18 heavy (non-hydrogen) atoms. The number of benzene rings is 1. The summed E-state index contributed by atoms with van der Waals surface area (Å²) in [6.07, 6.45) is 3.44. The predicted octanol–water partition coefficient (Wildman–Crippen LogP) is 1.83. The summed E-state index contributed by atoms with van der Waals surface area (Å²) in [5.74, 6) is -0.331. The average molecular weight is 243 g/mol. The van der Waals surface area contributed by atoms with Gasteiger partial charge in [-0.15, -0.1) is 0 Å². The molecule has 0 spiro atoms. The van der Waals surface area contributed by atoms with Crippen LogP contribution >= 0.6 is 0 Å². The van der Waals surface area contributed by atoms with Gasteiger partial charge in [-0.25, -0.2) is 4.98 Å². The van der Waals surface area contributed by atoms with Crippen molar-refractivity contribution in [1.82, 2.24) is 9.55 Å². The summed E-state index contributed by atoms with van der Waals surface area (Å²) in [6, 6.07) is 9.59. The van der Waals surface area contributed by atoms with Gasteiger partial charge in [-0.2, -0.15) is 0 Å². The monoisotopic (exact) mass is 243 g/mol. The molecule has 1 aromatic heterocycles. The highest BCUT2D eigenvalue weighted by Gasteiger charge is 2.22. The number of Topliss-reactive ketones (excluding diaryl/α,β-unsaturated/α-hetero) is 1. The Morgan fingerprint density at radius 1 is 1.39 bits per heavy atom. The largest absolute Gasteiger partial charge is 0.337 e. The van der Waals surface area contributed by atoms with Crippen molar-refractivity contribution in [2.75, 3.05) is 6.54 Å². The second kappa shape index (κ2) is 5.60. The molecule has 0 aliphatic carbocycles. The number of imidazole rings is 1. The fourth-order valence-electron chi connectivity index (χ4n) is 1.92. The van der Waals surface area contributed by atoms with Crippen LogP contribution < -0.4 is 5.73 Å². The van der Waals surface area contributed by atoms with Crippen molar-refractivity contribution < 1.29 is 4.79 Å². The Morgan fingerprint density at radius 3 is 2.67 bits per heavy atom. The van der Waals surface area contributed by atoms with Crippen LogP contribution in [0.4, 0.5) is 0 Å². The molecule has 94 valence electrons. The van der Waals surface area contributed by atoms with E-state index < -0.39 is 0 Å². The molecule has 2 rings (SSSR count). The van der Waals surface area contributed by atoms with Gasteiger partial charge in [-0.05, 0) is 12.5 Å². The maximum absolute atomic E-state index is 12.3. The van der Waals surface area contributed by atoms with Gasteiger partial charge in [-0.1, -0.05) is 30.3 Å². The SMILES string of the molecule is CCn1cnc(C(=O)C(CN)c2ccccc2)c1. The zero-order valence-corrected chi connectivity index (χ0v) is 10.4. The first kappa shape index (κ1) is 12.5. The number of nitrogens with zero attached hydrogens (tertiary/aromatic N) is 2. The summed E-state index contributed by atoms with van der Waals surface area (Å²) >= 11 is 0. The molecule has 0 aliphatic rings. The molecule has 1 unspecified atom stereocenters. The summed E-state index contributed by atoms with van der Waals surface area (Å²) < 4.78 is 1.88. The smallest absolute Gasteiger partial charge is 0.191 e. The third-order valence-corrected chi connectivity index (χ3v) is 3.00. The van der Waals surface area contributed by atoms with Gasteiger partial charge >= 0.3 is 0 Å². The molecule has 4 heteroatoms. The Morgan fingerprint density at radius 2 is 2.11 bits per heavy atom. The standard InChI is InChI=1S/C14H17N3O/c1-2-17-9-13(16-10-17)14(18)12(8-15)11-6-4-3-5-7-11/h3-7,9-10,12H,2,8,15H2,1H3. The quantitative estimate of drug-likeness (QED) is 0.815. The second-order valence-corrected chi connectivity index (χ2v) is 4.15. The van der Waals surface area contributed by atoms with Crippen molar-refractivity contribution in [2.24, 2.45) is 5.73 Å². The molecule has 1 atom stereocenters. The molecule has 0 bridgehead atoms. The molecule has 1 heterocycles. The van der Waals surface area contributed by atoms with Crippen LogP contribution in [0.25, 0.3) is 0 Å². The highest BCUT2D eigenvalue weighted by molar-refractivity contribution is 5.99. The van der Waals surface area contributed by atoms with Crippen molar-refractivity contribution in [2.45, 2.75) is 19.4 Å². The van der Waals surface area contributed by atoms with E-state index in [4.69, 9.17) is 5.73 Å². The van der Waals surface area contributed by atoms with Crippen molar-refractivity contribution in [3.05, 3.63) is 54.1 Å². The molecular formula is C14H17N3O. The fraction of sp³-hybridized carbons (Fsp3) is 0.286. The molecule has 0 aliphatic heterocycles. The van der Waals surface area contributed by atoms with Crippen molar-refractivity contribution in [3.8, 4) is 0 Å². The number of nitrogens with two attached hydrogens (primary N) is 1. The zero-order chi connectivity index (χ0) is 13.0. The van der Waals surface area contributed by atoms with Gasteiger partial charge in [0.25, 0.3) is 0 Å². The van der Waals surface area contributed by atoms with Crippen LogP contribution in [0.15, 0.2) is 42.9 Å². The predicted molar refractivity (Wildman–Crippen MR) is 70.5 cm³/mol. The van der Waals surface area contributed by atoms with E-state index in [0.717, 1.165) is 12.1 Å². The summed E-state index contributed by atoms with van der Waals surface area (Å²) in [7, 11) is 0. The van der Waals surface area contributed by atoms with Gasteiger partial charge < -0.3 is 10.3 Å². The van der Waals surface area contributed by atoms with E-state index in [2.05, 4.69) is 4.98 Å². The number of aryl methyl sites for hydroxylation is 1. The molecule has 4 nitrogen and oxygen atoms in total. The minimum absolute atomic E-state index is 0.0177. The summed E-state index contributed by atoms with van der Waals surface area (Å²) in [5, 5.41) is 0. The highest BCUT2D eigenvalue weighted by atomic mass is 16.1. The van der Waals surface area contributed by atoms with Gasteiger partial charge in [0, 0.05) is 19.3 Å². The fourth-order valence-corrected chi connectivity index (χ4v) is 1.92. The number of hydrogen-bond donors (Lipinski definition) is 1. The van der Waals surface area contributed by atoms with Crippen LogP contribution in [0.1, 0.15) is 28.9 Å². The number of rotatable bonds is 5. The molecular weight excluding hydrogens is 226 g/mol. The van der Waals surface area contributed by atoms with Gasteiger partial charge in [0.1, 0.15) is 5.69 Å². The first-order valence-electron chi connectivity index (χ1n) is 6.07. The van der Waals surface area contributed by atoms with E-state index in [9.17, 15) is 4.79 Å². The number of carbonyl (C=O) groups excluding carboxylic acids is 1. The Labute approximate surface area is 106 Å². The lowest BCUT2D eigenvalue weighted by atomic mass is 9.93. The second-order valence-electron chi connectivity index (χ2n) is 4.15. The van der Waals surface area contributed by atoms with E-state index in [1.165, 1.54) is 0 Å². The van der Waals surface area contributed by atoms with E-state index in [1.807, 2.05) is 41.8 Å². The normalized spacial score (nSPS) is 12.3. The Hall–Kier alpha value is -1.94. The molecule has 0 saturated heterocycles. The lowest BCUT2D eigenvalue weighted by Gasteiger charge is -2.12. The van der Waals surface area contributed by atoms with Gasteiger partial charge in [0.2, 0.25) is 0 Å². The van der Waals surface area contributed by atoms with Gasteiger partial charge in [-0.3, -0.25) is 4.79 Å². The van der Waals surface area contributed by atoms with Gasteiger partial charge in [0.05, 0.1) is 12.2 Å². The van der Waals surface area contributed by atoms with E-state index in [1.54, 1.807) is 12.5 Å². The van der Waals surface area contributed by atoms with E-state index >= 15 is 0 Å². The van der Waals surface area contributed by atoms with Crippen LogP contribution in [0.2, 0.25) is 0 Å². The maximum atomic E-state index is 12.3. The summed E-state index contributed by atoms with van der Waals surface area (Å²) in [5.41, 5.74) is 7.15. The molecule has 0 amide bonds. The molecule has 1 aromatic carbocycles. The van der Waals surface area contributed by atoms with Crippen LogP contribution in [0.3, 0.4) is 0 Å². The number of ketones is 1. The summed E-state index contributed by atoms with van der Waals surface area (Å²) in [4.78, 5) is 16.5. The van der Waals surface area contributed by atoms with Gasteiger partial charge in [0.15, 0.2) is 5.78 Å². The molecule has 0 fully saturated rings. The third-order valence-electron chi connectivity index (χ3n) is 3.00. The van der Waals surface area contributed by atoms with Crippen molar-refractivity contribution in [3.63, 3.8) is 0 Å². The minimum Gasteiger partial charge on any atom is -0.337 e. The lowest BCUT2D eigenvalue weighted by Crippen LogP contribution is -2.22. The van der Waals surface area contributed by atoms with Crippen molar-refractivity contribution in [1.29, 1.82) is 0 Å². The third kappa shape index (κ3) is 2.49. The van der Waals surface area contributed by atoms with Crippen LogP contribution in [0, 0.1) is 0 Å². The van der Waals surface area contributed by atoms with Crippen molar-refractivity contribution >= 4 is 5.78 Å². The van der Waals surface area contributed by atoms with Crippen LogP contribution in [-0.2, 0) is 6.54 Å². The van der Waals surface area contributed by atoms with Crippen LogP contribution in [0.5, 0.6) is 0 Å². The number of hydrogen-bond acceptors (Lipinski definition) is 3. The highest BCUT2D eigenvalue weighted by Crippen LogP contribution is 2.18. The minimum atomic E-state index is -0.314. The molecule has 0 radical (unpaired) electrons. The van der Waals surface area contributed by atoms with E-state index in [0.29, 0.717) is 12.2 Å². The Kier molecular flexibility index (Phi) is 3.89. The first-order chi connectivity index (χ1) is 8.76. The topological polar surface area (TPSA) is 60.9 Å². The molecule has 0 saturated carbocycles.